The Kier molecular flexibility index (Phi) is 2.10. The molecule has 2 aromatic rings. The van der Waals surface area contributed by atoms with Gasteiger partial charge in [-0.15, -0.1) is 0 Å². The van der Waals surface area contributed by atoms with E-state index in [4.69, 9.17) is 0 Å². The maximum absolute atomic E-state index is 11.8. The summed E-state index contributed by atoms with van der Waals surface area (Å²) < 4.78 is 0. The highest BCUT2D eigenvalue weighted by Crippen LogP contribution is 2.25. The number of aromatic nitrogens is 4. The summed E-state index contributed by atoms with van der Waals surface area (Å²) in [7, 11) is 0. The number of likely N-dealkylation sites (tertiary alicyclic amines) is 1. The molecule has 0 aromatic carbocycles. The van der Waals surface area contributed by atoms with Gasteiger partial charge in [-0.1, -0.05) is 0 Å². The number of carbonyl (C=O) groups excluding carboxylic acids is 1. The summed E-state index contributed by atoms with van der Waals surface area (Å²) in [4.78, 5) is 31.2. The van der Waals surface area contributed by atoms with Crippen molar-refractivity contribution in [3.8, 4) is 0 Å². The largest absolute Gasteiger partial charge is 0.341 e. The number of hydrogen-bond donors (Lipinski definition) is 3. The Morgan fingerprint density at radius 2 is 2.24 bits per heavy atom. The van der Waals surface area contributed by atoms with Gasteiger partial charge in [0, 0.05) is 43.2 Å². The molecule has 0 unspecified atom stereocenters. The molecule has 0 spiro atoms. The minimum absolute atomic E-state index is 0.107. The molecular formula is C10H11N5O2. The highest BCUT2D eigenvalue weighted by atomic mass is 16.2. The van der Waals surface area contributed by atoms with Gasteiger partial charge < -0.3 is 15.0 Å². The molecule has 0 saturated carbocycles. The topological polar surface area (TPSA) is 97.6 Å². The molecule has 0 radical (unpaired) electrons. The van der Waals surface area contributed by atoms with Crippen molar-refractivity contribution >= 4 is 5.91 Å². The summed E-state index contributed by atoms with van der Waals surface area (Å²) >= 11 is 0. The molecule has 2 aromatic heterocycles. The number of nitrogens with zero attached hydrogens (tertiary/aromatic N) is 2. The fourth-order valence-electron chi connectivity index (χ4n) is 1.94. The fourth-order valence-corrected chi connectivity index (χ4v) is 1.94. The van der Waals surface area contributed by atoms with Gasteiger partial charge in [0.15, 0.2) is 5.82 Å². The molecule has 3 N–H and O–H groups in total. The molecule has 0 aliphatic carbocycles. The minimum Gasteiger partial charge on any atom is -0.341 e. The molecule has 3 rings (SSSR count). The van der Waals surface area contributed by atoms with E-state index in [0.717, 1.165) is 5.69 Å². The summed E-state index contributed by atoms with van der Waals surface area (Å²) in [5.41, 5.74) is 0.703. The Labute approximate surface area is 95.9 Å². The van der Waals surface area contributed by atoms with Gasteiger partial charge in [0.2, 0.25) is 0 Å². The maximum atomic E-state index is 11.8. The monoisotopic (exact) mass is 233 g/mol. The van der Waals surface area contributed by atoms with Crippen LogP contribution in [0.15, 0.2) is 23.3 Å². The van der Waals surface area contributed by atoms with Crippen LogP contribution in [0.2, 0.25) is 0 Å². The van der Waals surface area contributed by atoms with Crippen molar-refractivity contribution in [2.45, 2.75) is 5.92 Å². The van der Waals surface area contributed by atoms with E-state index >= 15 is 0 Å². The average Bonchev–Trinajstić information content (AvgIpc) is 2.86. The highest BCUT2D eigenvalue weighted by Gasteiger charge is 2.34. The van der Waals surface area contributed by atoms with E-state index in [1.807, 2.05) is 0 Å². The van der Waals surface area contributed by atoms with Crippen molar-refractivity contribution in [1.29, 1.82) is 0 Å². The predicted molar refractivity (Wildman–Crippen MR) is 58.6 cm³/mol. The van der Waals surface area contributed by atoms with Crippen molar-refractivity contribution < 1.29 is 4.79 Å². The van der Waals surface area contributed by atoms with Gasteiger partial charge in [0.1, 0.15) is 0 Å². The molecule has 1 aliphatic heterocycles. The number of amides is 1. The maximum Gasteiger partial charge on any atom is 0.289 e. The van der Waals surface area contributed by atoms with E-state index < -0.39 is 0 Å². The second-order valence-electron chi connectivity index (χ2n) is 4.06. The molecule has 1 saturated heterocycles. The summed E-state index contributed by atoms with van der Waals surface area (Å²) in [6, 6.07) is 1.53. The fraction of sp³-hybridized carbons (Fsp3) is 0.300. The van der Waals surface area contributed by atoms with Gasteiger partial charge >= 0.3 is 0 Å². The van der Waals surface area contributed by atoms with Gasteiger partial charge in [-0.05, 0) is 0 Å². The average molecular weight is 233 g/mol. The first-order valence-electron chi connectivity index (χ1n) is 5.30. The van der Waals surface area contributed by atoms with Gasteiger partial charge in [0.25, 0.3) is 11.5 Å². The molecule has 7 nitrogen and oxygen atoms in total. The quantitative estimate of drug-likeness (QED) is 0.662. The second kappa shape index (κ2) is 3.62. The first-order chi connectivity index (χ1) is 8.24. The molecule has 0 bridgehead atoms. The lowest BCUT2D eigenvalue weighted by Crippen LogP contribution is -2.48. The third-order valence-electron chi connectivity index (χ3n) is 2.93. The Morgan fingerprint density at radius 3 is 2.82 bits per heavy atom. The number of rotatable bonds is 2. The Morgan fingerprint density at radius 1 is 1.41 bits per heavy atom. The van der Waals surface area contributed by atoms with Crippen LogP contribution in [0.1, 0.15) is 22.2 Å². The van der Waals surface area contributed by atoms with Crippen LogP contribution in [-0.4, -0.2) is 44.1 Å². The summed E-state index contributed by atoms with van der Waals surface area (Å²) in [6.07, 6.45) is 3.17. The lowest BCUT2D eigenvalue weighted by Gasteiger charge is -2.37. The minimum atomic E-state index is -0.143. The summed E-state index contributed by atoms with van der Waals surface area (Å²) in [5, 5.41) is 5.29. The van der Waals surface area contributed by atoms with Crippen LogP contribution in [0, 0.1) is 0 Å². The molecule has 3 heterocycles. The molecule has 1 fully saturated rings. The first-order valence-corrected chi connectivity index (χ1v) is 5.30. The smallest absolute Gasteiger partial charge is 0.289 e. The van der Waals surface area contributed by atoms with Crippen LogP contribution in [0.4, 0.5) is 0 Å². The Hall–Kier alpha value is -2.31. The standard InChI is InChI=1S/C10H11N5O2/c16-8-3-7(13-14-8)6-4-15(5-6)10(17)9-11-1-2-12-9/h1-3,6H,4-5H2,(H,11,12)(H2,13,14,16). The third-order valence-corrected chi connectivity index (χ3v) is 2.93. The van der Waals surface area contributed by atoms with Gasteiger partial charge in [-0.25, -0.2) is 4.98 Å². The van der Waals surface area contributed by atoms with Crippen molar-refractivity contribution in [3.05, 3.63) is 40.3 Å². The normalized spacial score (nSPS) is 15.9. The number of carbonyl (C=O) groups is 1. The van der Waals surface area contributed by atoms with Crippen LogP contribution in [0.5, 0.6) is 0 Å². The second-order valence-corrected chi connectivity index (χ2v) is 4.06. The molecule has 88 valence electrons. The molecule has 1 aliphatic rings. The van der Waals surface area contributed by atoms with Gasteiger partial charge in [-0.3, -0.25) is 14.7 Å². The van der Waals surface area contributed by atoms with Crippen LogP contribution in [-0.2, 0) is 0 Å². The number of nitrogens with one attached hydrogen (secondary N) is 3. The van der Waals surface area contributed by atoms with Gasteiger partial charge in [0.05, 0.1) is 0 Å². The number of aromatic amines is 3. The van der Waals surface area contributed by atoms with Crippen LogP contribution >= 0.6 is 0 Å². The Balaban J connectivity index is 1.65. The molecule has 17 heavy (non-hydrogen) atoms. The molecule has 1 amide bonds. The lowest BCUT2D eigenvalue weighted by molar-refractivity contribution is 0.0587. The summed E-state index contributed by atoms with van der Waals surface area (Å²) in [5.74, 6) is 0.447. The van der Waals surface area contributed by atoms with Crippen molar-refractivity contribution in [3.63, 3.8) is 0 Å². The van der Waals surface area contributed by atoms with Crippen molar-refractivity contribution in [2.75, 3.05) is 13.1 Å². The van der Waals surface area contributed by atoms with E-state index in [1.54, 1.807) is 17.3 Å². The zero-order chi connectivity index (χ0) is 11.8. The van der Waals surface area contributed by atoms with E-state index in [9.17, 15) is 9.59 Å². The predicted octanol–water partition coefficient (Wildman–Crippen LogP) is -0.334. The molecule has 0 atom stereocenters. The zero-order valence-electron chi connectivity index (χ0n) is 8.93. The Bertz CT molecular complexity index is 576. The van der Waals surface area contributed by atoms with E-state index in [0.29, 0.717) is 18.9 Å². The van der Waals surface area contributed by atoms with Gasteiger partial charge in [-0.2, -0.15) is 0 Å². The first kappa shape index (κ1) is 9.88. The number of hydrogen-bond acceptors (Lipinski definition) is 3. The van der Waals surface area contributed by atoms with E-state index in [1.165, 1.54) is 6.07 Å². The SMILES string of the molecule is O=C(c1ncc[nH]1)N1CC(c2cc(=O)[nH][nH]2)C1. The van der Waals surface area contributed by atoms with E-state index in [2.05, 4.69) is 20.2 Å². The van der Waals surface area contributed by atoms with E-state index in [-0.39, 0.29) is 17.4 Å². The van der Waals surface area contributed by atoms with Crippen molar-refractivity contribution in [1.82, 2.24) is 25.1 Å². The summed E-state index contributed by atoms with van der Waals surface area (Å²) in [6.45, 7) is 1.21. The number of H-pyrrole nitrogens is 3. The van der Waals surface area contributed by atoms with Crippen LogP contribution in [0.25, 0.3) is 0 Å². The third kappa shape index (κ3) is 1.65. The highest BCUT2D eigenvalue weighted by molar-refractivity contribution is 5.91. The van der Waals surface area contributed by atoms with Crippen molar-refractivity contribution in [2.24, 2.45) is 0 Å². The molecular weight excluding hydrogens is 222 g/mol. The van der Waals surface area contributed by atoms with Crippen LogP contribution in [0.3, 0.4) is 0 Å². The number of imidazole rings is 1. The zero-order valence-corrected chi connectivity index (χ0v) is 8.93. The lowest BCUT2D eigenvalue weighted by atomic mass is 9.96. The molecule has 7 heteroatoms. The van der Waals surface area contributed by atoms with Crippen LogP contribution < -0.4 is 5.56 Å².